The zero-order chi connectivity index (χ0) is 10.5. The maximum atomic E-state index is 11.1. The molecule has 0 saturated heterocycles. The molecule has 78 valence electrons. The normalized spacial score (nSPS) is 13.6. The molecule has 0 aliphatic rings. The molecule has 1 atom stereocenters. The summed E-state index contributed by atoms with van der Waals surface area (Å²) in [4.78, 5) is 11.1. The number of carbonyl (C=O) groups is 1. The number of hydrogen-bond acceptors (Lipinski definition) is 3. The second-order valence-corrected chi connectivity index (χ2v) is 4.22. The van der Waals surface area contributed by atoms with E-state index in [1.165, 1.54) is 0 Å². The van der Waals surface area contributed by atoms with E-state index in [-0.39, 0.29) is 12.0 Å². The van der Waals surface area contributed by atoms with Crippen molar-refractivity contribution in [3.05, 3.63) is 0 Å². The van der Waals surface area contributed by atoms with E-state index in [0.717, 1.165) is 0 Å². The number of alkyl carbamates (subject to hydrolysis) is 1. The summed E-state index contributed by atoms with van der Waals surface area (Å²) in [5.41, 5.74) is 4.96. The number of rotatable bonds is 3. The predicted molar refractivity (Wildman–Crippen MR) is 52.5 cm³/mol. The van der Waals surface area contributed by atoms with Gasteiger partial charge in [-0.3, -0.25) is 0 Å². The highest BCUT2D eigenvalue weighted by Crippen LogP contribution is 2.06. The lowest BCUT2D eigenvalue weighted by Gasteiger charge is -2.20. The third kappa shape index (κ3) is 7.59. The minimum atomic E-state index is -0.434. The standard InChI is InChI=1S/C9H20N2O2/c1-7(5-10)6-11-8(12)13-9(2,3)4/h7H,5-6,10H2,1-4H3,(H,11,12)/t7-/m1/s1. The summed E-state index contributed by atoms with van der Waals surface area (Å²) in [6.45, 7) is 8.59. The van der Waals surface area contributed by atoms with Gasteiger partial charge in [0.1, 0.15) is 5.60 Å². The van der Waals surface area contributed by atoms with Crippen LogP contribution in [0.1, 0.15) is 27.7 Å². The second kappa shape index (κ2) is 5.07. The van der Waals surface area contributed by atoms with Crippen molar-refractivity contribution >= 4 is 6.09 Å². The van der Waals surface area contributed by atoms with E-state index in [2.05, 4.69) is 5.32 Å². The largest absolute Gasteiger partial charge is 0.444 e. The topological polar surface area (TPSA) is 64.3 Å². The van der Waals surface area contributed by atoms with Crippen molar-refractivity contribution in [3.63, 3.8) is 0 Å². The molecule has 0 rings (SSSR count). The first-order chi connectivity index (χ1) is 5.85. The van der Waals surface area contributed by atoms with Crippen LogP contribution in [-0.4, -0.2) is 24.8 Å². The summed E-state index contributed by atoms with van der Waals surface area (Å²) >= 11 is 0. The molecule has 0 fully saturated rings. The molecule has 4 nitrogen and oxygen atoms in total. The SMILES string of the molecule is C[C@H](CN)CNC(=O)OC(C)(C)C. The summed E-state index contributed by atoms with van der Waals surface area (Å²) in [6.07, 6.45) is -0.382. The van der Waals surface area contributed by atoms with Crippen molar-refractivity contribution in [3.8, 4) is 0 Å². The average molecular weight is 188 g/mol. The number of hydrogen-bond donors (Lipinski definition) is 2. The van der Waals surface area contributed by atoms with Gasteiger partial charge in [0, 0.05) is 6.54 Å². The van der Waals surface area contributed by atoms with Crippen molar-refractivity contribution in [2.75, 3.05) is 13.1 Å². The molecule has 4 heteroatoms. The van der Waals surface area contributed by atoms with E-state index in [4.69, 9.17) is 10.5 Å². The molecule has 0 unspecified atom stereocenters. The van der Waals surface area contributed by atoms with Crippen molar-refractivity contribution in [2.24, 2.45) is 11.7 Å². The lowest BCUT2D eigenvalue weighted by Crippen LogP contribution is -2.36. The van der Waals surface area contributed by atoms with Gasteiger partial charge in [0.2, 0.25) is 0 Å². The van der Waals surface area contributed by atoms with Crippen molar-refractivity contribution in [1.82, 2.24) is 5.32 Å². The fraction of sp³-hybridized carbons (Fsp3) is 0.889. The van der Waals surface area contributed by atoms with Gasteiger partial charge in [0.05, 0.1) is 0 Å². The summed E-state index contributed by atoms with van der Waals surface area (Å²) < 4.78 is 5.04. The Labute approximate surface area is 79.8 Å². The zero-order valence-corrected chi connectivity index (χ0v) is 8.89. The van der Waals surface area contributed by atoms with Gasteiger partial charge in [-0.15, -0.1) is 0 Å². The summed E-state index contributed by atoms with van der Waals surface area (Å²) in [5, 5.41) is 2.65. The Morgan fingerprint density at radius 2 is 2.08 bits per heavy atom. The molecule has 0 aromatic heterocycles. The number of ether oxygens (including phenoxy) is 1. The Kier molecular flexibility index (Phi) is 4.77. The van der Waals surface area contributed by atoms with Crippen molar-refractivity contribution in [2.45, 2.75) is 33.3 Å². The Balaban J connectivity index is 3.64. The Hall–Kier alpha value is -0.770. The van der Waals surface area contributed by atoms with E-state index in [0.29, 0.717) is 13.1 Å². The summed E-state index contributed by atoms with van der Waals surface area (Å²) in [5.74, 6) is 0.285. The molecular weight excluding hydrogens is 168 g/mol. The van der Waals surface area contributed by atoms with Crippen molar-refractivity contribution in [1.29, 1.82) is 0 Å². The van der Waals surface area contributed by atoms with E-state index >= 15 is 0 Å². The zero-order valence-electron chi connectivity index (χ0n) is 8.89. The average Bonchev–Trinajstić information content (AvgIpc) is 1.97. The van der Waals surface area contributed by atoms with Crippen LogP contribution in [-0.2, 0) is 4.74 Å². The molecule has 13 heavy (non-hydrogen) atoms. The highest BCUT2D eigenvalue weighted by molar-refractivity contribution is 5.67. The quantitative estimate of drug-likeness (QED) is 0.697. The molecule has 0 aliphatic heterocycles. The Bertz CT molecular complexity index is 163. The molecule has 1 amide bonds. The molecular formula is C9H20N2O2. The molecule has 0 spiro atoms. The molecule has 3 N–H and O–H groups in total. The predicted octanol–water partition coefficient (Wildman–Crippen LogP) is 1.11. The fourth-order valence-electron chi connectivity index (χ4n) is 0.655. The van der Waals surface area contributed by atoms with Gasteiger partial charge in [-0.2, -0.15) is 0 Å². The molecule has 0 radical (unpaired) electrons. The first kappa shape index (κ1) is 12.2. The van der Waals surface area contributed by atoms with Crippen LogP contribution < -0.4 is 11.1 Å². The first-order valence-corrected chi connectivity index (χ1v) is 4.52. The van der Waals surface area contributed by atoms with E-state index < -0.39 is 5.60 Å². The Morgan fingerprint density at radius 1 is 1.54 bits per heavy atom. The highest BCUT2D eigenvalue weighted by Gasteiger charge is 2.15. The van der Waals surface area contributed by atoms with Gasteiger partial charge < -0.3 is 15.8 Å². The van der Waals surface area contributed by atoms with Crippen LogP contribution in [0, 0.1) is 5.92 Å². The summed E-state index contributed by atoms with van der Waals surface area (Å²) in [6, 6.07) is 0. The molecule has 0 aromatic carbocycles. The van der Waals surface area contributed by atoms with Crippen LogP contribution in [0.3, 0.4) is 0 Å². The molecule has 0 aromatic rings. The van der Waals surface area contributed by atoms with Crippen LogP contribution in [0.5, 0.6) is 0 Å². The van der Waals surface area contributed by atoms with E-state index in [1.807, 2.05) is 27.7 Å². The second-order valence-electron chi connectivity index (χ2n) is 4.22. The minimum Gasteiger partial charge on any atom is -0.444 e. The van der Waals surface area contributed by atoms with Crippen molar-refractivity contribution < 1.29 is 9.53 Å². The smallest absolute Gasteiger partial charge is 0.407 e. The van der Waals surface area contributed by atoms with Crippen LogP contribution in [0.15, 0.2) is 0 Å². The molecule has 0 bridgehead atoms. The highest BCUT2D eigenvalue weighted by atomic mass is 16.6. The van der Waals surface area contributed by atoms with Crippen LogP contribution in [0.2, 0.25) is 0 Å². The maximum absolute atomic E-state index is 11.1. The van der Waals surface area contributed by atoms with Crippen LogP contribution in [0.25, 0.3) is 0 Å². The number of carbonyl (C=O) groups excluding carboxylic acids is 1. The number of nitrogens with one attached hydrogen (secondary N) is 1. The van der Waals surface area contributed by atoms with Gasteiger partial charge in [0.25, 0.3) is 0 Å². The lowest BCUT2D eigenvalue weighted by molar-refractivity contribution is 0.0521. The van der Waals surface area contributed by atoms with Gasteiger partial charge in [-0.05, 0) is 33.2 Å². The van der Waals surface area contributed by atoms with Crippen LogP contribution in [0.4, 0.5) is 4.79 Å². The number of nitrogens with two attached hydrogens (primary N) is 1. The Morgan fingerprint density at radius 3 is 2.46 bits per heavy atom. The molecule has 0 heterocycles. The third-order valence-electron chi connectivity index (χ3n) is 1.40. The monoisotopic (exact) mass is 188 g/mol. The lowest BCUT2D eigenvalue weighted by atomic mass is 10.2. The third-order valence-corrected chi connectivity index (χ3v) is 1.40. The first-order valence-electron chi connectivity index (χ1n) is 4.52. The van der Waals surface area contributed by atoms with Gasteiger partial charge >= 0.3 is 6.09 Å². The minimum absolute atomic E-state index is 0.285. The molecule has 0 saturated carbocycles. The maximum Gasteiger partial charge on any atom is 0.407 e. The molecule has 0 aliphatic carbocycles. The van der Waals surface area contributed by atoms with Gasteiger partial charge in [0.15, 0.2) is 0 Å². The number of amides is 1. The van der Waals surface area contributed by atoms with Gasteiger partial charge in [-0.1, -0.05) is 6.92 Å². The van der Waals surface area contributed by atoms with Gasteiger partial charge in [-0.25, -0.2) is 4.79 Å². The van der Waals surface area contributed by atoms with E-state index in [9.17, 15) is 4.79 Å². The van der Waals surface area contributed by atoms with E-state index in [1.54, 1.807) is 0 Å². The summed E-state index contributed by atoms with van der Waals surface area (Å²) in [7, 11) is 0. The fourth-order valence-corrected chi connectivity index (χ4v) is 0.655. The van der Waals surface area contributed by atoms with Crippen LogP contribution >= 0.6 is 0 Å².